The van der Waals surface area contributed by atoms with E-state index in [1.165, 1.54) is 0 Å². The molecule has 0 heterocycles. The minimum Gasteiger partial charge on any atom is -0.105 e. The Bertz CT molecular complexity index is 91.9. The number of halogens is 2. The molecule has 0 N–H and O–H groups in total. The van der Waals surface area contributed by atoms with E-state index in [1.54, 1.807) is 0 Å². The van der Waals surface area contributed by atoms with Crippen molar-refractivity contribution in [2.45, 2.75) is 39.0 Å². The summed E-state index contributed by atoms with van der Waals surface area (Å²) in [6, 6.07) is 0. The van der Waals surface area contributed by atoms with Crippen molar-refractivity contribution in [1.82, 2.24) is 0 Å². The van der Waals surface area contributed by atoms with E-state index in [4.69, 9.17) is 23.2 Å². The maximum absolute atomic E-state index is 5.70. The first kappa shape index (κ1) is 10.6. The van der Waals surface area contributed by atoms with Gasteiger partial charge in [0.15, 0.2) is 0 Å². The van der Waals surface area contributed by atoms with E-state index in [-0.39, 0.29) is 4.84 Å². The molecular weight excluding hydrogens is 167 g/mol. The van der Waals surface area contributed by atoms with Gasteiger partial charge in [-0.2, -0.15) is 0 Å². The molecule has 0 aromatic carbocycles. The van der Waals surface area contributed by atoms with Crippen LogP contribution < -0.4 is 0 Å². The Morgan fingerprint density at radius 2 is 1.60 bits per heavy atom. The second-order valence-corrected chi connectivity index (χ2v) is 5.24. The summed E-state index contributed by atoms with van der Waals surface area (Å²) < 4.78 is 0. The molecule has 0 saturated heterocycles. The van der Waals surface area contributed by atoms with Crippen molar-refractivity contribution >= 4 is 23.2 Å². The molecule has 1 unspecified atom stereocenters. The highest BCUT2D eigenvalue weighted by molar-refractivity contribution is 6.44. The van der Waals surface area contributed by atoms with Crippen molar-refractivity contribution in [3.63, 3.8) is 0 Å². The van der Waals surface area contributed by atoms with Crippen LogP contribution in [0.4, 0.5) is 0 Å². The van der Waals surface area contributed by atoms with Crippen molar-refractivity contribution < 1.29 is 0 Å². The van der Waals surface area contributed by atoms with Gasteiger partial charge in [-0.25, -0.2) is 0 Å². The molecule has 0 rings (SSSR count). The average molecular weight is 183 g/mol. The Kier molecular flexibility index (Phi) is 4.05. The molecule has 0 spiro atoms. The van der Waals surface area contributed by atoms with Gasteiger partial charge in [0.2, 0.25) is 0 Å². The standard InChI is InChI=1S/C8H16Cl2/c1-6(7(9)10)5-8(2,3)4/h6-7H,5H2,1-4H3. The molecule has 0 nitrogen and oxygen atoms in total. The number of hydrogen-bond acceptors (Lipinski definition) is 0. The third-order valence-corrected chi connectivity index (χ3v) is 2.22. The summed E-state index contributed by atoms with van der Waals surface area (Å²) in [6.07, 6.45) is 1.07. The first-order valence-electron chi connectivity index (χ1n) is 3.61. The number of rotatable bonds is 2. The fraction of sp³-hybridized carbons (Fsp3) is 1.00. The van der Waals surface area contributed by atoms with Gasteiger partial charge in [0, 0.05) is 0 Å². The van der Waals surface area contributed by atoms with Crippen molar-refractivity contribution in [3.05, 3.63) is 0 Å². The summed E-state index contributed by atoms with van der Waals surface area (Å²) in [7, 11) is 0. The minimum atomic E-state index is -0.223. The van der Waals surface area contributed by atoms with E-state index < -0.39 is 0 Å². The maximum Gasteiger partial charge on any atom is 0.110 e. The molecule has 0 aliphatic rings. The lowest BCUT2D eigenvalue weighted by atomic mass is 9.86. The highest BCUT2D eigenvalue weighted by Crippen LogP contribution is 2.29. The largest absolute Gasteiger partial charge is 0.110 e. The van der Waals surface area contributed by atoms with Gasteiger partial charge in [-0.05, 0) is 17.8 Å². The zero-order valence-electron chi connectivity index (χ0n) is 7.12. The number of hydrogen-bond donors (Lipinski definition) is 0. The van der Waals surface area contributed by atoms with Gasteiger partial charge in [-0.3, -0.25) is 0 Å². The van der Waals surface area contributed by atoms with E-state index in [1.807, 2.05) is 0 Å². The maximum atomic E-state index is 5.70. The van der Waals surface area contributed by atoms with Crippen LogP contribution in [0, 0.1) is 11.3 Å². The molecule has 0 amide bonds. The van der Waals surface area contributed by atoms with E-state index in [2.05, 4.69) is 27.7 Å². The van der Waals surface area contributed by atoms with Crippen LogP contribution in [0.5, 0.6) is 0 Å². The van der Waals surface area contributed by atoms with Crippen LogP contribution >= 0.6 is 23.2 Å². The molecule has 62 valence electrons. The van der Waals surface area contributed by atoms with E-state index in [9.17, 15) is 0 Å². The Hall–Kier alpha value is 0.580. The van der Waals surface area contributed by atoms with Crippen LogP contribution in [0.15, 0.2) is 0 Å². The molecule has 0 radical (unpaired) electrons. The van der Waals surface area contributed by atoms with Crippen molar-refractivity contribution in [1.29, 1.82) is 0 Å². The van der Waals surface area contributed by atoms with E-state index >= 15 is 0 Å². The SMILES string of the molecule is CC(CC(C)(C)C)C(Cl)Cl. The Balaban J connectivity index is 3.68. The van der Waals surface area contributed by atoms with E-state index in [0.29, 0.717) is 11.3 Å². The van der Waals surface area contributed by atoms with Gasteiger partial charge in [0.05, 0.1) is 0 Å². The molecule has 0 aliphatic carbocycles. The lowest BCUT2D eigenvalue weighted by Gasteiger charge is -2.23. The van der Waals surface area contributed by atoms with Crippen LogP contribution in [-0.2, 0) is 0 Å². The predicted molar refractivity (Wildman–Crippen MR) is 48.7 cm³/mol. The molecule has 0 aromatic rings. The third-order valence-electron chi connectivity index (χ3n) is 1.36. The van der Waals surface area contributed by atoms with Crippen LogP contribution in [0.3, 0.4) is 0 Å². The van der Waals surface area contributed by atoms with Crippen molar-refractivity contribution in [3.8, 4) is 0 Å². The van der Waals surface area contributed by atoms with Gasteiger partial charge in [0.25, 0.3) is 0 Å². The van der Waals surface area contributed by atoms with Crippen molar-refractivity contribution in [2.75, 3.05) is 0 Å². The Labute approximate surface area is 73.9 Å². The smallest absolute Gasteiger partial charge is 0.105 e. The highest BCUT2D eigenvalue weighted by atomic mass is 35.5. The normalized spacial score (nSPS) is 15.9. The zero-order chi connectivity index (χ0) is 8.36. The Morgan fingerprint density at radius 1 is 1.20 bits per heavy atom. The van der Waals surface area contributed by atoms with Crippen LogP contribution in [-0.4, -0.2) is 4.84 Å². The lowest BCUT2D eigenvalue weighted by Crippen LogP contribution is -2.15. The molecule has 0 aromatic heterocycles. The zero-order valence-corrected chi connectivity index (χ0v) is 8.63. The molecule has 1 atom stereocenters. The summed E-state index contributed by atoms with van der Waals surface area (Å²) >= 11 is 11.4. The fourth-order valence-electron chi connectivity index (χ4n) is 1.06. The molecule has 10 heavy (non-hydrogen) atoms. The van der Waals surface area contributed by atoms with Gasteiger partial charge in [-0.15, -0.1) is 23.2 Å². The lowest BCUT2D eigenvalue weighted by molar-refractivity contribution is 0.316. The highest BCUT2D eigenvalue weighted by Gasteiger charge is 2.19. The summed E-state index contributed by atoms with van der Waals surface area (Å²) in [5, 5.41) is 0. The molecule has 0 fully saturated rings. The number of alkyl halides is 2. The molecule has 0 saturated carbocycles. The molecule has 0 bridgehead atoms. The average Bonchev–Trinajstić information content (AvgIpc) is 1.60. The topological polar surface area (TPSA) is 0 Å². The van der Waals surface area contributed by atoms with Gasteiger partial charge < -0.3 is 0 Å². The Morgan fingerprint density at radius 3 is 1.70 bits per heavy atom. The second-order valence-electron chi connectivity index (χ2n) is 4.08. The third kappa shape index (κ3) is 5.37. The summed E-state index contributed by atoms with van der Waals surface area (Å²) in [5.41, 5.74) is 0.335. The summed E-state index contributed by atoms with van der Waals surface area (Å²) in [6.45, 7) is 8.66. The van der Waals surface area contributed by atoms with Crippen LogP contribution in [0.1, 0.15) is 34.1 Å². The van der Waals surface area contributed by atoms with Crippen LogP contribution in [0.25, 0.3) is 0 Å². The first-order chi connectivity index (χ1) is 4.33. The predicted octanol–water partition coefficient (Wildman–Crippen LogP) is 3.86. The van der Waals surface area contributed by atoms with Gasteiger partial charge in [0.1, 0.15) is 4.84 Å². The van der Waals surface area contributed by atoms with E-state index in [0.717, 1.165) is 6.42 Å². The second kappa shape index (κ2) is 3.82. The first-order valence-corrected chi connectivity index (χ1v) is 4.48. The van der Waals surface area contributed by atoms with Crippen LogP contribution in [0.2, 0.25) is 0 Å². The van der Waals surface area contributed by atoms with Gasteiger partial charge >= 0.3 is 0 Å². The fourth-order valence-corrected chi connectivity index (χ4v) is 1.23. The summed E-state index contributed by atoms with van der Waals surface area (Å²) in [5.74, 6) is 0.392. The van der Waals surface area contributed by atoms with Crippen molar-refractivity contribution in [2.24, 2.45) is 11.3 Å². The molecular formula is C8H16Cl2. The van der Waals surface area contributed by atoms with Gasteiger partial charge in [-0.1, -0.05) is 27.7 Å². The minimum absolute atomic E-state index is 0.223. The molecule has 0 aliphatic heterocycles. The summed E-state index contributed by atoms with van der Waals surface area (Å²) in [4.78, 5) is -0.223. The quantitative estimate of drug-likeness (QED) is 0.570. The molecule has 2 heteroatoms. The monoisotopic (exact) mass is 182 g/mol.